The molecule has 2 fully saturated rings. The lowest BCUT2D eigenvalue weighted by Crippen LogP contribution is -2.75. The predicted molar refractivity (Wildman–Crippen MR) is 126 cm³/mol. The van der Waals surface area contributed by atoms with Crippen LogP contribution in [0.5, 0.6) is 0 Å². The normalized spacial score (nSPS) is 29.9. The van der Waals surface area contributed by atoms with Crippen LogP contribution in [0, 0.1) is 16.7 Å². The maximum atomic E-state index is 14.0. The third-order valence-electron chi connectivity index (χ3n) is 6.89. The summed E-state index contributed by atoms with van der Waals surface area (Å²) >= 11 is 0. The van der Waals surface area contributed by atoms with Gasteiger partial charge in [0.25, 0.3) is 0 Å². The highest BCUT2D eigenvalue weighted by Gasteiger charge is 2.64. The predicted octanol–water partition coefficient (Wildman–Crippen LogP) is 4.22. The van der Waals surface area contributed by atoms with Gasteiger partial charge in [0.2, 0.25) is 11.7 Å². The zero-order chi connectivity index (χ0) is 23.5. The van der Waals surface area contributed by atoms with Gasteiger partial charge >= 0.3 is 0 Å². The first-order chi connectivity index (χ1) is 14.4. The van der Waals surface area contributed by atoms with Gasteiger partial charge in [0.15, 0.2) is 0 Å². The van der Waals surface area contributed by atoms with E-state index < -0.39 is 11.3 Å². The molecule has 31 heavy (non-hydrogen) atoms. The van der Waals surface area contributed by atoms with Crippen molar-refractivity contribution in [3.05, 3.63) is 12.2 Å². The summed E-state index contributed by atoms with van der Waals surface area (Å²) in [6.07, 6.45) is 7.67. The van der Waals surface area contributed by atoms with Gasteiger partial charge in [0.1, 0.15) is 5.54 Å². The number of nitrogens with zero attached hydrogens (tertiary/aromatic N) is 2. The van der Waals surface area contributed by atoms with Crippen molar-refractivity contribution in [2.75, 3.05) is 40.4 Å². The highest BCUT2D eigenvalue weighted by Crippen LogP contribution is 2.53. The van der Waals surface area contributed by atoms with E-state index in [4.69, 9.17) is 9.47 Å². The van der Waals surface area contributed by atoms with Crippen LogP contribution in [-0.2, 0) is 14.3 Å². The number of allylic oxidation sites excluding steroid dienone is 1. The molecule has 0 aromatic carbocycles. The van der Waals surface area contributed by atoms with E-state index in [0.717, 1.165) is 25.7 Å². The second-order valence-electron chi connectivity index (χ2n) is 11.1. The lowest BCUT2D eigenvalue weighted by atomic mass is 9.59. The van der Waals surface area contributed by atoms with Crippen molar-refractivity contribution in [1.29, 1.82) is 0 Å². The Hall–Kier alpha value is -0.950. The third kappa shape index (κ3) is 5.52. The molecule has 0 aromatic heterocycles. The fourth-order valence-corrected chi connectivity index (χ4v) is 5.08. The monoisotopic (exact) mass is 437 g/mol. The molecular weight excluding hydrogens is 390 g/mol. The number of amides is 1. The lowest BCUT2D eigenvalue weighted by Gasteiger charge is -2.59. The van der Waals surface area contributed by atoms with Gasteiger partial charge in [-0.05, 0) is 51.0 Å². The topological polar surface area (TPSA) is 54.0 Å². The number of carbonyl (C=O) groups is 1. The van der Waals surface area contributed by atoms with Gasteiger partial charge < -0.3 is 14.4 Å². The van der Waals surface area contributed by atoms with Crippen LogP contribution in [0.25, 0.3) is 0 Å². The number of hydrazine groups is 1. The Bertz CT molecular complexity index is 630. The van der Waals surface area contributed by atoms with E-state index in [9.17, 15) is 4.79 Å². The molecule has 0 spiro atoms. The zero-order valence-corrected chi connectivity index (χ0v) is 21.5. The van der Waals surface area contributed by atoms with Gasteiger partial charge in [0, 0.05) is 32.6 Å². The van der Waals surface area contributed by atoms with Gasteiger partial charge in [-0.15, -0.1) is 0 Å². The standard InChI is InChI=1S/C25H47N3O3/c1-10-13-14-25(30-18-23(6,7)19-31-25)24(26-27(8)9)16-15-22(4,5)17-20(24)21(29)28(11-2)12-3/h13-14,20,26H,10-12,15-19H2,1-9H3/b14-13+. The molecule has 1 saturated carbocycles. The van der Waals surface area contributed by atoms with Crippen molar-refractivity contribution < 1.29 is 14.3 Å². The summed E-state index contributed by atoms with van der Waals surface area (Å²) in [6.45, 7) is 17.7. The molecule has 2 atom stereocenters. The van der Waals surface area contributed by atoms with E-state index in [2.05, 4.69) is 66.0 Å². The minimum absolute atomic E-state index is 0.0603. The van der Waals surface area contributed by atoms with Crippen molar-refractivity contribution >= 4 is 5.91 Å². The largest absolute Gasteiger partial charge is 0.344 e. The maximum Gasteiger partial charge on any atom is 0.227 e. The Balaban J connectivity index is 2.67. The van der Waals surface area contributed by atoms with Crippen molar-refractivity contribution in [3.8, 4) is 0 Å². The SMILES string of the molecule is CC/C=C/C1(C2(NN(C)C)CCC(C)(C)CC2C(=O)N(CC)CC)OCC(C)(C)CO1. The molecule has 0 radical (unpaired) electrons. The van der Waals surface area contributed by atoms with Gasteiger partial charge in [-0.25, -0.2) is 10.4 Å². The van der Waals surface area contributed by atoms with E-state index in [0.29, 0.717) is 26.3 Å². The number of hydrogen-bond donors (Lipinski definition) is 1. The maximum absolute atomic E-state index is 14.0. The van der Waals surface area contributed by atoms with Crippen LogP contribution in [-0.4, -0.2) is 67.5 Å². The molecule has 180 valence electrons. The van der Waals surface area contributed by atoms with Crippen LogP contribution in [0.3, 0.4) is 0 Å². The molecule has 2 rings (SSSR count). The summed E-state index contributed by atoms with van der Waals surface area (Å²) in [5.41, 5.74) is 3.03. The minimum atomic E-state index is -0.993. The Morgan fingerprint density at radius 2 is 1.58 bits per heavy atom. The van der Waals surface area contributed by atoms with E-state index in [-0.39, 0.29) is 22.7 Å². The number of hydrogen-bond acceptors (Lipinski definition) is 5. The van der Waals surface area contributed by atoms with Gasteiger partial charge in [-0.2, -0.15) is 0 Å². The quantitative estimate of drug-likeness (QED) is 0.455. The Kier molecular flexibility index (Phi) is 8.40. The lowest BCUT2D eigenvalue weighted by molar-refractivity contribution is -0.324. The molecule has 1 saturated heterocycles. The smallest absolute Gasteiger partial charge is 0.227 e. The summed E-state index contributed by atoms with van der Waals surface area (Å²) in [5.74, 6) is -1.07. The number of ether oxygens (including phenoxy) is 2. The first kappa shape index (κ1) is 26.3. The first-order valence-electron chi connectivity index (χ1n) is 12.1. The van der Waals surface area contributed by atoms with Crippen LogP contribution in [0.2, 0.25) is 0 Å². The molecule has 1 heterocycles. The Morgan fingerprint density at radius 3 is 2.06 bits per heavy atom. The number of nitrogens with one attached hydrogen (secondary N) is 1. The van der Waals surface area contributed by atoms with Gasteiger partial charge in [-0.3, -0.25) is 4.79 Å². The van der Waals surface area contributed by atoms with Crippen molar-refractivity contribution in [1.82, 2.24) is 15.3 Å². The Labute approximate surface area is 190 Å². The molecule has 1 aliphatic heterocycles. The Morgan fingerprint density at radius 1 is 1.00 bits per heavy atom. The molecule has 1 amide bonds. The molecule has 1 aliphatic carbocycles. The van der Waals surface area contributed by atoms with Gasteiger partial charge in [-0.1, -0.05) is 40.7 Å². The van der Waals surface area contributed by atoms with Crippen LogP contribution >= 0.6 is 0 Å². The molecule has 6 heteroatoms. The molecule has 2 unspecified atom stereocenters. The summed E-state index contributed by atoms with van der Waals surface area (Å²) in [6, 6.07) is 0. The first-order valence-corrected chi connectivity index (χ1v) is 12.1. The number of rotatable bonds is 8. The molecular formula is C25H47N3O3. The fourth-order valence-electron chi connectivity index (χ4n) is 5.08. The molecule has 2 aliphatic rings. The summed E-state index contributed by atoms with van der Waals surface area (Å²) in [5, 5.41) is 1.97. The van der Waals surface area contributed by atoms with Crippen LogP contribution < -0.4 is 5.43 Å². The van der Waals surface area contributed by atoms with E-state index in [1.807, 2.05) is 24.0 Å². The minimum Gasteiger partial charge on any atom is -0.344 e. The number of carbonyl (C=O) groups excluding carboxylic acids is 1. The van der Waals surface area contributed by atoms with E-state index in [1.54, 1.807) is 0 Å². The average Bonchev–Trinajstić information content (AvgIpc) is 2.69. The van der Waals surface area contributed by atoms with Crippen LogP contribution in [0.15, 0.2) is 12.2 Å². The van der Waals surface area contributed by atoms with Crippen molar-refractivity contribution in [2.24, 2.45) is 16.7 Å². The van der Waals surface area contributed by atoms with Crippen molar-refractivity contribution in [2.45, 2.75) is 85.5 Å². The molecule has 1 N–H and O–H groups in total. The van der Waals surface area contributed by atoms with Crippen molar-refractivity contribution in [3.63, 3.8) is 0 Å². The second kappa shape index (κ2) is 9.90. The third-order valence-corrected chi connectivity index (χ3v) is 6.89. The average molecular weight is 438 g/mol. The summed E-state index contributed by atoms with van der Waals surface area (Å²) < 4.78 is 13.3. The van der Waals surface area contributed by atoms with Crippen LogP contribution in [0.1, 0.15) is 74.1 Å². The van der Waals surface area contributed by atoms with Gasteiger partial charge in [0.05, 0.1) is 19.1 Å². The second-order valence-corrected chi connectivity index (χ2v) is 11.1. The summed E-state index contributed by atoms with van der Waals surface area (Å²) in [7, 11) is 3.98. The zero-order valence-electron chi connectivity index (χ0n) is 21.5. The highest BCUT2D eigenvalue weighted by molar-refractivity contribution is 5.81. The molecule has 6 nitrogen and oxygen atoms in total. The summed E-state index contributed by atoms with van der Waals surface area (Å²) in [4.78, 5) is 15.9. The van der Waals surface area contributed by atoms with E-state index >= 15 is 0 Å². The van der Waals surface area contributed by atoms with E-state index in [1.165, 1.54) is 0 Å². The fraction of sp³-hybridized carbons (Fsp3) is 0.880. The molecule has 0 bridgehead atoms. The highest BCUT2D eigenvalue weighted by atomic mass is 16.7. The van der Waals surface area contributed by atoms with Crippen LogP contribution in [0.4, 0.5) is 0 Å². The molecule has 0 aromatic rings.